The van der Waals surface area contributed by atoms with Crippen molar-refractivity contribution in [2.24, 2.45) is 5.73 Å². The van der Waals surface area contributed by atoms with Gasteiger partial charge in [-0.2, -0.15) is 0 Å². The molecule has 0 fully saturated rings. The molecule has 0 saturated carbocycles. The van der Waals surface area contributed by atoms with Crippen LogP contribution in [0.25, 0.3) is 0 Å². The topological polar surface area (TPSA) is 55.1 Å². The van der Waals surface area contributed by atoms with Crippen molar-refractivity contribution in [2.75, 3.05) is 5.32 Å². The van der Waals surface area contributed by atoms with E-state index in [1.807, 2.05) is 0 Å². The molecule has 0 bridgehead atoms. The summed E-state index contributed by atoms with van der Waals surface area (Å²) in [5.74, 6) is -0.713. The van der Waals surface area contributed by atoms with Crippen LogP contribution in [0.3, 0.4) is 0 Å². The highest BCUT2D eigenvalue weighted by molar-refractivity contribution is 7.80. The number of rotatable bonds is 4. The molecule has 0 spiro atoms. The molecule has 21 heavy (non-hydrogen) atoms. The van der Waals surface area contributed by atoms with Gasteiger partial charge in [0.1, 0.15) is 10.8 Å². The van der Waals surface area contributed by atoms with Gasteiger partial charge < -0.3 is 11.1 Å². The molecular weight excluding hydrogens is 311 g/mol. The molecule has 2 rings (SSSR count). The maximum absolute atomic E-state index is 13.2. The second-order valence-corrected chi connectivity index (χ2v) is 5.28. The zero-order valence-electron chi connectivity index (χ0n) is 10.9. The summed E-state index contributed by atoms with van der Waals surface area (Å²) in [5, 5.41) is 3.28. The molecule has 0 atom stereocenters. The summed E-state index contributed by atoms with van der Waals surface area (Å²) in [7, 11) is 0. The first-order chi connectivity index (χ1) is 9.95. The Bertz CT molecular complexity index is 689. The van der Waals surface area contributed by atoms with E-state index in [-0.39, 0.29) is 17.3 Å². The van der Waals surface area contributed by atoms with Gasteiger partial charge in [0.15, 0.2) is 0 Å². The standard InChI is InChI=1S/C15H12ClFN2OS/c16-10-3-1-9(2-4-10)7-14(20)19-13-6-5-11(17)8-12(13)15(18)21/h1-6,8H,7H2,(H2,18,21)(H,19,20). The lowest BCUT2D eigenvalue weighted by Crippen LogP contribution is -2.19. The zero-order chi connectivity index (χ0) is 15.4. The summed E-state index contributed by atoms with van der Waals surface area (Å²) >= 11 is 10.6. The van der Waals surface area contributed by atoms with Crippen molar-refractivity contribution in [3.63, 3.8) is 0 Å². The average Bonchev–Trinajstić information content (AvgIpc) is 2.43. The number of carbonyl (C=O) groups is 1. The molecule has 0 heterocycles. The fraction of sp³-hybridized carbons (Fsp3) is 0.0667. The Kier molecular flexibility index (Phi) is 4.88. The lowest BCUT2D eigenvalue weighted by atomic mass is 10.1. The monoisotopic (exact) mass is 322 g/mol. The van der Waals surface area contributed by atoms with Crippen LogP contribution < -0.4 is 11.1 Å². The molecule has 108 valence electrons. The molecule has 0 unspecified atom stereocenters. The van der Waals surface area contributed by atoms with Gasteiger partial charge in [0, 0.05) is 10.6 Å². The molecule has 0 aliphatic rings. The van der Waals surface area contributed by atoms with Gasteiger partial charge >= 0.3 is 0 Å². The van der Waals surface area contributed by atoms with Gasteiger partial charge in [-0.15, -0.1) is 0 Å². The van der Waals surface area contributed by atoms with Crippen molar-refractivity contribution >= 4 is 40.4 Å². The number of carbonyl (C=O) groups excluding carboxylic acids is 1. The molecule has 3 N–H and O–H groups in total. The number of thiocarbonyl (C=S) groups is 1. The fourth-order valence-corrected chi connectivity index (χ4v) is 2.11. The molecule has 0 radical (unpaired) electrons. The number of hydrogen-bond acceptors (Lipinski definition) is 2. The molecule has 2 aromatic carbocycles. The largest absolute Gasteiger partial charge is 0.389 e. The maximum Gasteiger partial charge on any atom is 0.228 e. The molecular formula is C15H12ClFN2OS. The van der Waals surface area contributed by atoms with Gasteiger partial charge in [-0.25, -0.2) is 4.39 Å². The Hall–Kier alpha value is -1.98. The maximum atomic E-state index is 13.2. The normalized spacial score (nSPS) is 10.2. The van der Waals surface area contributed by atoms with E-state index in [0.717, 1.165) is 5.56 Å². The van der Waals surface area contributed by atoms with Crippen molar-refractivity contribution in [3.05, 3.63) is 64.4 Å². The summed E-state index contributed by atoms with van der Waals surface area (Å²) < 4.78 is 13.2. The van der Waals surface area contributed by atoms with Gasteiger partial charge in [0.25, 0.3) is 0 Å². The molecule has 0 aliphatic heterocycles. The van der Waals surface area contributed by atoms with E-state index in [9.17, 15) is 9.18 Å². The summed E-state index contributed by atoms with van der Waals surface area (Å²) in [4.78, 5) is 12.0. The van der Waals surface area contributed by atoms with E-state index in [1.165, 1.54) is 18.2 Å². The minimum Gasteiger partial charge on any atom is -0.389 e. The number of nitrogens with one attached hydrogen (secondary N) is 1. The SMILES string of the molecule is NC(=S)c1cc(F)ccc1NC(=O)Cc1ccc(Cl)cc1. The highest BCUT2D eigenvalue weighted by atomic mass is 35.5. The smallest absolute Gasteiger partial charge is 0.228 e. The lowest BCUT2D eigenvalue weighted by molar-refractivity contribution is -0.115. The number of anilines is 1. The number of amides is 1. The van der Waals surface area contributed by atoms with Gasteiger partial charge in [-0.3, -0.25) is 4.79 Å². The second-order valence-electron chi connectivity index (χ2n) is 4.41. The highest BCUT2D eigenvalue weighted by Crippen LogP contribution is 2.18. The zero-order valence-corrected chi connectivity index (χ0v) is 12.5. The molecule has 0 saturated heterocycles. The van der Waals surface area contributed by atoms with Gasteiger partial charge in [0.05, 0.1) is 12.1 Å². The third kappa shape index (κ3) is 4.24. The summed E-state index contributed by atoms with van der Waals surface area (Å²) in [6.07, 6.45) is 0.172. The van der Waals surface area contributed by atoms with Gasteiger partial charge in [-0.1, -0.05) is 36.0 Å². The Morgan fingerprint density at radius 2 is 1.90 bits per heavy atom. The third-order valence-corrected chi connectivity index (χ3v) is 3.27. The van der Waals surface area contributed by atoms with Crippen LogP contribution in [0.2, 0.25) is 5.02 Å². The summed E-state index contributed by atoms with van der Waals surface area (Å²) in [6.45, 7) is 0. The average molecular weight is 323 g/mol. The van der Waals surface area contributed by atoms with E-state index >= 15 is 0 Å². The molecule has 2 aromatic rings. The molecule has 3 nitrogen and oxygen atoms in total. The van der Waals surface area contributed by atoms with Crippen molar-refractivity contribution in [2.45, 2.75) is 6.42 Å². The Morgan fingerprint density at radius 3 is 2.52 bits per heavy atom. The fourth-order valence-electron chi connectivity index (χ4n) is 1.81. The van der Waals surface area contributed by atoms with Crippen LogP contribution in [0.5, 0.6) is 0 Å². The first kappa shape index (κ1) is 15.4. The summed E-state index contributed by atoms with van der Waals surface area (Å²) in [5.41, 5.74) is 7.03. The number of benzene rings is 2. The van der Waals surface area contributed by atoms with Crippen LogP contribution in [-0.4, -0.2) is 10.9 Å². The lowest BCUT2D eigenvalue weighted by Gasteiger charge is -2.10. The number of hydrogen-bond donors (Lipinski definition) is 2. The van der Waals surface area contributed by atoms with Crippen LogP contribution in [0.1, 0.15) is 11.1 Å². The molecule has 6 heteroatoms. The van der Waals surface area contributed by atoms with Gasteiger partial charge in [0.2, 0.25) is 5.91 Å². The van der Waals surface area contributed by atoms with Crippen molar-refractivity contribution in [3.8, 4) is 0 Å². The van der Waals surface area contributed by atoms with Crippen LogP contribution in [-0.2, 0) is 11.2 Å². The van der Waals surface area contributed by atoms with Crippen LogP contribution in [0, 0.1) is 5.82 Å². The summed E-state index contributed by atoms with van der Waals surface area (Å²) in [6, 6.07) is 10.8. The number of halogens is 2. The minimum absolute atomic E-state index is 0.0243. The first-order valence-electron chi connectivity index (χ1n) is 6.09. The third-order valence-electron chi connectivity index (χ3n) is 2.80. The molecule has 1 amide bonds. The van der Waals surface area contributed by atoms with E-state index < -0.39 is 5.82 Å². The Morgan fingerprint density at radius 1 is 1.24 bits per heavy atom. The Labute approximate surface area is 131 Å². The molecule has 0 aromatic heterocycles. The number of nitrogens with two attached hydrogens (primary N) is 1. The second kappa shape index (κ2) is 6.65. The minimum atomic E-state index is -0.464. The van der Waals surface area contributed by atoms with Crippen molar-refractivity contribution in [1.29, 1.82) is 0 Å². The van der Waals surface area contributed by atoms with E-state index in [0.29, 0.717) is 16.3 Å². The Balaban J connectivity index is 2.12. The van der Waals surface area contributed by atoms with Crippen molar-refractivity contribution in [1.82, 2.24) is 0 Å². The van der Waals surface area contributed by atoms with Crippen LogP contribution in [0.4, 0.5) is 10.1 Å². The van der Waals surface area contributed by atoms with E-state index in [2.05, 4.69) is 5.32 Å². The van der Waals surface area contributed by atoms with E-state index in [1.54, 1.807) is 24.3 Å². The predicted molar refractivity (Wildman–Crippen MR) is 86.1 cm³/mol. The van der Waals surface area contributed by atoms with Crippen molar-refractivity contribution < 1.29 is 9.18 Å². The predicted octanol–water partition coefficient (Wildman–Crippen LogP) is 3.29. The van der Waals surface area contributed by atoms with E-state index in [4.69, 9.17) is 29.6 Å². The van der Waals surface area contributed by atoms with Crippen LogP contribution >= 0.6 is 23.8 Å². The quantitative estimate of drug-likeness (QED) is 0.849. The molecule has 0 aliphatic carbocycles. The van der Waals surface area contributed by atoms with Gasteiger partial charge in [-0.05, 0) is 35.9 Å². The highest BCUT2D eigenvalue weighted by Gasteiger charge is 2.10. The first-order valence-corrected chi connectivity index (χ1v) is 6.88. The van der Waals surface area contributed by atoms with Crippen LogP contribution in [0.15, 0.2) is 42.5 Å².